The summed E-state index contributed by atoms with van der Waals surface area (Å²) in [5, 5.41) is 12.7. The first-order valence-corrected chi connectivity index (χ1v) is 11.4. The maximum Gasteiger partial charge on any atom is 0.307 e. The summed E-state index contributed by atoms with van der Waals surface area (Å²) in [7, 11) is 0. The number of primary amides is 1. The van der Waals surface area contributed by atoms with Gasteiger partial charge in [0.25, 0.3) is 5.91 Å². The molecule has 0 radical (unpaired) electrons. The number of hydrogen-bond acceptors (Lipinski definition) is 4. The molecule has 1 saturated carbocycles. The molecule has 166 valence electrons. The molecule has 0 unspecified atom stereocenters. The van der Waals surface area contributed by atoms with Crippen molar-refractivity contribution in [3.63, 3.8) is 0 Å². The monoisotopic (exact) mass is 442 g/mol. The number of carbonyl (C=O) groups excluding carboxylic acids is 2. The number of nitrogens with one attached hydrogen (secondary N) is 1. The molecule has 2 atom stereocenters. The van der Waals surface area contributed by atoms with Crippen molar-refractivity contribution < 1.29 is 19.5 Å². The van der Waals surface area contributed by atoms with Gasteiger partial charge in [0.2, 0.25) is 5.91 Å². The van der Waals surface area contributed by atoms with Crippen LogP contribution in [0.25, 0.3) is 11.1 Å². The Morgan fingerprint density at radius 3 is 2.16 bits per heavy atom. The quantitative estimate of drug-likeness (QED) is 0.608. The second-order valence-electron chi connectivity index (χ2n) is 9.25. The molecule has 1 aliphatic carbocycles. The molecule has 1 aromatic carbocycles. The Bertz CT molecular complexity index is 1000. The Hall–Kier alpha value is -2.67. The van der Waals surface area contributed by atoms with Gasteiger partial charge in [-0.3, -0.25) is 14.4 Å². The molecule has 0 bridgehead atoms. The summed E-state index contributed by atoms with van der Waals surface area (Å²) in [5.74, 6) is -3.23. The number of thiophene rings is 1. The molecular formula is C24H30N2O4S. The zero-order valence-electron chi connectivity index (χ0n) is 18.5. The van der Waals surface area contributed by atoms with Gasteiger partial charge in [-0.1, -0.05) is 57.9 Å². The fraction of sp³-hybridized carbons (Fsp3) is 0.458. The molecule has 7 heteroatoms. The van der Waals surface area contributed by atoms with Crippen molar-refractivity contribution in [3.8, 4) is 11.1 Å². The van der Waals surface area contributed by atoms with Crippen LogP contribution >= 0.6 is 11.3 Å². The molecule has 2 amide bonds. The Morgan fingerprint density at radius 1 is 1.06 bits per heavy atom. The van der Waals surface area contributed by atoms with Gasteiger partial charge in [0.05, 0.1) is 17.4 Å². The van der Waals surface area contributed by atoms with Crippen molar-refractivity contribution in [1.29, 1.82) is 0 Å². The number of aryl methyl sites for hydroxylation is 1. The minimum Gasteiger partial charge on any atom is -0.481 e. The van der Waals surface area contributed by atoms with E-state index in [1.54, 1.807) is 0 Å². The van der Waals surface area contributed by atoms with Crippen LogP contribution in [0.4, 0.5) is 5.00 Å². The van der Waals surface area contributed by atoms with Crippen molar-refractivity contribution in [1.82, 2.24) is 0 Å². The lowest BCUT2D eigenvalue weighted by atomic mass is 9.78. The molecule has 2 aromatic rings. The number of carbonyl (C=O) groups is 3. The van der Waals surface area contributed by atoms with Gasteiger partial charge in [0.15, 0.2) is 0 Å². The van der Waals surface area contributed by atoms with Gasteiger partial charge in [-0.2, -0.15) is 0 Å². The third-order valence-corrected chi connectivity index (χ3v) is 7.05. The fourth-order valence-corrected chi connectivity index (χ4v) is 5.38. The summed E-state index contributed by atoms with van der Waals surface area (Å²) in [4.78, 5) is 37.8. The van der Waals surface area contributed by atoms with Crippen LogP contribution in [0.3, 0.4) is 0 Å². The predicted octanol–water partition coefficient (Wildman–Crippen LogP) is 4.95. The molecule has 3 rings (SSSR count). The number of amides is 2. The molecule has 0 saturated heterocycles. The molecule has 1 fully saturated rings. The number of anilines is 1. The fourth-order valence-electron chi connectivity index (χ4n) is 4.30. The van der Waals surface area contributed by atoms with E-state index >= 15 is 0 Å². The van der Waals surface area contributed by atoms with E-state index in [4.69, 9.17) is 5.73 Å². The summed E-state index contributed by atoms with van der Waals surface area (Å²) in [6.07, 6.45) is 2.64. The van der Waals surface area contributed by atoms with Gasteiger partial charge in [-0.15, -0.1) is 11.3 Å². The molecule has 1 heterocycles. The Balaban J connectivity index is 1.95. The summed E-state index contributed by atoms with van der Waals surface area (Å²) in [6, 6.07) is 8.01. The zero-order chi connectivity index (χ0) is 22.9. The number of carboxylic acid groups (broad SMARTS) is 1. The lowest BCUT2D eigenvalue weighted by molar-refractivity contribution is -0.147. The highest BCUT2D eigenvalue weighted by Crippen LogP contribution is 2.41. The first-order chi connectivity index (χ1) is 14.5. The molecular weight excluding hydrogens is 412 g/mol. The van der Waals surface area contributed by atoms with Crippen LogP contribution in [0, 0.1) is 18.8 Å². The lowest BCUT2D eigenvalue weighted by Crippen LogP contribution is -2.36. The summed E-state index contributed by atoms with van der Waals surface area (Å²) < 4.78 is 0. The largest absolute Gasteiger partial charge is 0.481 e. The third-order valence-electron chi connectivity index (χ3n) is 6.03. The zero-order valence-corrected chi connectivity index (χ0v) is 19.3. The molecule has 1 aliphatic rings. The van der Waals surface area contributed by atoms with Crippen molar-refractivity contribution in [2.45, 2.75) is 58.8 Å². The summed E-state index contributed by atoms with van der Waals surface area (Å²) in [6.45, 7) is 8.29. The van der Waals surface area contributed by atoms with Gasteiger partial charge in [-0.05, 0) is 36.3 Å². The standard InChI is InChI=1S/C24H30N2O4S/c1-13-18(14-9-11-15(12-10-14)24(2,3)4)19(20(25)27)22(31-13)26-21(28)16-7-5-6-8-17(16)23(29)30/h9-12,16-17H,5-8H2,1-4H3,(H2,25,27)(H,26,28)(H,29,30)/t16-,17-/m0/s1. The Kier molecular flexibility index (Phi) is 6.55. The highest BCUT2D eigenvalue weighted by Gasteiger charge is 2.36. The minimum absolute atomic E-state index is 0.00848. The number of benzene rings is 1. The number of aliphatic carboxylic acids is 1. The predicted molar refractivity (Wildman–Crippen MR) is 123 cm³/mol. The number of nitrogens with two attached hydrogens (primary N) is 1. The Labute approximate surface area is 186 Å². The maximum absolute atomic E-state index is 12.9. The van der Waals surface area contributed by atoms with Crippen LogP contribution in [0.15, 0.2) is 24.3 Å². The van der Waals surface area contributed by atoms with Crippen molar-refractivity contribution in [2.75, 3.05) is 5.32 Å². The van der Waals surface area contributed by atoms with E-state index in [2.05, 4.69) is 26.1 Å². The first kappa shape index (κ1) is 23.0. The lowest BCUT2D eigenvalue weighted by Gasteiger charge is -2.27. The van der Waals surface area contributed by atoms with E-state index in [9.17, 15) is 19.5 Å². The van der Waals surface area contributed by atoms with E-state index in [-0.39, 0.29) is 16.9 Å². The second-order valence-corrected chi connectivity index (χ2v) is 10.5. The van der Waals surface area contributed by atoms with Crippen molar-refractivity contribution in [2.24, 2.45) is 17.6 Å². The van der Waals surface area contributed by atoms with Crippen LogP contribution in [0.1, 0.15) is 67.3 Å². The van der Waals surface area contributed by atoms with Crippen LogP contribution < -0.4 is 11.1 Å². The topological polar surface area (TPSA) is 109 Å². The summed E-state index contributed by atoms with van der Waals surface area (Å²) >= 11 is 1.30. The van der Waals surface area contributed by atoms with Crippen LogP contribution in [-0.4, -0.2) is 22.9 Å². The molecule has 31 heavy (non-hydrogen) atoms. The van der Waals surface area contributed by atoms with E-state index in [0.717, 1.165) is 23.3 Å². The number of carboxylic acids is 1. The molecule has 0 aliphatic heterocycles. The maximum atomic E-state index is 12.9. The van der Waals surface area contributed by atoms with Crippen LogP contribution in [0.5, 0.6) is 0 Å². The highest BCUT2D eigenvalue weighted by atomic mass is 32.1. The normalized spacial score (nSPS) is 19.1. The average molecular weight is 443 g/mol. The second kappa shape index (κ2) is 8.83. The van der Waals surface area contributed by atoms with E-state index in [1.807, 2.05) is 31.2 Å². The van der Waals surface area contributed by atoms with Crippen molar-refractivity contribution in [3.05, 3.63) is 40.3 Å². The number of rotatable bonds is 5. The average Bonchev–Trinajstić information content (AvgIpc) is 3.03. The van der Waals surface area contributed by atoms with Gasteiger partial charge in [0.1, 0.15) is 5.00 Å². The van der Waals surface area contributed by atoms with Gasteiger partial charge < -0.3 is 16.2 Å². The van der Waals surface area contributed by atoms with Crippen molar-refractivity contribution >= 4 is 34.1 Å². The van der Waals surface area contributed by atoms with Gasteiger partial charge in [-0.25, -0.2) is 0 Å². The SMILES string of the molecule is Cc1sc(NC(=O)[C@H]2CCCC[C@@H]2C(=O)O)c(C(N)=O)c1-c1ccc(C(C)(C)C)cc1. The van der Waals surface area contributed by atoms with E-state index in [1.165, 1.54) is 16.9 Å². The highest BCUT2D eigenvalue weighted by molar-refractivity contribution is 7.17. The smallest absolute Gasteiger partial charge is 0.307 e. The third kappa shape index (κ3) is 4.82. The first-order valence-electron chi connectivity index (χ1n) is 10.6. The van der Waals surface area contributed by atoms with Gasteiger partial charge in [0, 0.05) is 10.4 Å². The number of hydrogen-bond donors (Lipinski definition) is 3. The van der Waals surface area contributed by atoms with E-state index in [0.29, 0.717) is 23.4 Å². The minimum atomic E-state index is -0.947. The molecule has 4 N–H and O–H groups in total. The summed E-state index contributed by atoms with van der Waals surface area (Å²) in [5.41, 5.74) is 8.75. The van der Waals surface area contributed by atoms with Crippen LogP contribution in [-0.2, 0) is 15.0 Å². The molecule has 0 spiro atoms. The molecule has 1 aromatic heterocycles. The molecule has 6 nitrogen and oxygen atoms in total. The van der Waals surface area contributed by atoms with Crippen LogP contribution in [0.2, 0.25) is 0 Å². The van der Waals surface area contributed by atoms with Gasteiger partial charge >= 0.3 is 5.97 Å². The Morgan fingerprint density at radius 2 is 1.65 bits per heavy atom. The van der Waals surface area contributed by atoms with E-state index < -0.39 is 23.7 Å².